The fourth-order valence-corrected chi connectivity index (χ4v) is 2.46. The quantitative estimate of drug-likeness (QED) is 0.909. The fourth-order valence-electron chi connectivity index (χ4n) is 1.53. The van der Waals surface area contributed by atoms with Crippen LogP contribution in [0.4, 0.5) is 5.69 Å². The molecule has 6 heteroatoms. The Labute approximate surface area is 119 Å². The highest BCUT2D eigenvalue weighted by Gasteiger charge is 2.06. The molecule has 3 N–H and O–H groups in total. The number of nitrogens with two attached hydrogens (primary N) is 1. The summed E-state index contributed by atoms with van der Waals surface area (Å²) >= 11 is 7.45. The van der Waals surface area contributed by atoms with E-state index < -0.39 is 5.91 Å². The molecule has 2 aromatic rings. The third kappa shape index (κ3) is 3.25. The summed E-state index contributed by atoms with van der Waals surface area (Å²) in [6, 6.07) is 10.5. The maximum atomic E-state index is 11.1. The van der Waals surface area contributed by atoms with Crippen molar-refractivity contribution in [1.82, 2.24) is 0 Å². The summed E-state index contributed by atoms with van der Waals surface area (Å²) in [7, 11) is 0. The number of nitrogens with one attached hydrogen (secondary N) is 1. The number of halogens is 1. The Morgan fingerprint density at radius 2 is 2.21 bits per heavy atom. The summed E-state index contributed by atoms with van der Waals surface area (Å²) in [6.45, 7) is 0.536. The van der Waals surface area contributed by atoms with E-state index in [0.717, 1.165) is 4.88 Å². The van der Waals surface area contributed by atoms with E-state index in [1.807, 2.05) is 6.07 Å². The fraction of sp³-hybridized carbons (Fsp3) is 0.0769. The van der Waals surface area contributed by atoms with Gasteiger partial charge in [-0.15, -0.1) is 11.3 Å². The van der Waals surface area contributed by atoms with Crippen LogP contribution in [0.15, 0.2) is 30.3 Å². The van der Waals surface area contributed by atoms with Crippen LogP contribution in [0.5, 0.6) is 0 Å². The number of primary amides is 1. The molecule has 0 radical (unpaired) electrons. The average Bonchev–Trinajstić information content (AvgIpc) is 2.85. The first kappa shape index (κ1) is 13.4. The van der Waals surface area contributed by atoms with Gasteiger partial charge in [-0.1, -0.05) is 11.6 Å². The van der Waals surface area contributed by atoms with Gasteiger partial charge in [0.15, 0.2) is 0 Å². The minimum absolute atomic E-state index is 0.399. The largest absolute Gasteiger partial charge is 0.379 e. The number of nitriles is 1. The van der Waals surface area contributed by atoms with Gasteiger partial charge in [-0.25, -0.2) is 0 Å². The molecule has 96 valence electrons. The van der Waals surface area contributed by atoms with E-state index >= 15 is 0 Å². The summed E-state index contributed by atoms with van der Waals surface area (Å²) in [4.78, 5) is 12.8. The molecule has 0 saturated carbocycles. The molecule has 4 nitrogen and oxygen atoms in total. The lowest BCUT2D eigenvalue weighted by molar-refractivity contribution is 0.100. The number of nitrogens with zero attached hydrogens (tertiary/aromatic N) is 1. The minimum atomic E-state index is -0.498. The van der Waals surface area contributed by atoms with Crippen LogP contribution < -0.4 is 11.1 Å². The molecule has 1 amide bonds. The van der Waals surface area contributed by atoms with Gasteiger partial charge in [0.1, 0.15) is 10.9 Å². The smallest absolute Gasteiger partial charge is 0.248 e. The van der Waals surface area contributed by atoms with E-state index in [0.29, 0.717) is 27.7 Å². The predicted octanol–water partition coefficient (Wildman–Crippen LogP) is 2.98. The van der Waals surface area contributed by atoms with Gasteiger partial charge >= 0.3 is 0 Å². The van der Waals surface area contributed by atoms with Gasteiger partial charge < -0.3 is 11.1 Å². The number of amides is 1. The molecular weight excluding hydrogens is 282 g/mol. The van der Waals surface area contributed by atoms with Crippen molar-refractivity contribution < 1.29 is 4.79 Å². The van der Waals surface area contributed by atoms with E-state index in [2.05, 4.69) is 11.4 Å². The van der Waals surface area contributed by atoms with Gasteiger partial charge in [0, 0.05) is 17.0 Å². The SMILES string of the molecule is N#Cc1ccc(CNc2cc(C(N)=O)ccc2Cl)s1. The van der Waals surface area contributed by atoms with Gasteiger partial charge in [0.2, 0.25) is 5.91 Å². The van der Waals surface area contributed by atoms with Crippen molar-refractivity contribution in [2.45, 2.75) is 6.54 Å². The van der Waals surface area contributed by atoms with Crippen molar-refractivity contribution in [1.29, 1.82) is 5.26 Å². The first-order valence-corrected chi connectivity index (χ1v) is 6.61. The Hall–Kier alpha value is -2.03. The van der Waals surface area contributed by atoms with E-state index in [1.54, 1.807) is 24.3 Å². The summed E-state index contributed by atoms with van der Waals surface area (Å²) < 4.78 is 0. The van der Waals surface area contributed by atoms with Gasteiger partial charge in [0.25, 0.3) is 0 Å². The second-order valence-corrected chi connectivity index (χ2v) is 5.37. The first-order chi connectivity index (χ1) is 9.10. The van der Waals surface area contributed by atoms with Crippen LogP contribution in [0.25, 0.3) is 0 Å². The Morgan fingerprint density at radius 3 is 2.84 bits per heavy atom. The van der Waals surface area contributed by atoms with Crippen LogP contribution in [0.2, 0.25) is 5.02 Å². The molecule has 1 aromatic heterocycles. The second kappa shape index (κ2) is 5.74. The molecule has 0 unspecified atom stereocenters. The zero-order valence-electron chi connectivity index (χ0n) is 9.81. The van der Waals surface area contributed by atoms with Crippen molar-refractivity contribution in [3.8, 4) is 6.07 Å². The number of anilines is 1. The maximum Gasteiger partial charge on any atom is 0.248 e. The number of hydrogen-bond acceptors (Lipinski definition) is 4. The molecule has 0 fully saturated rings. The molecule has 0 bridgehead atoms. The number of carbonyl (C=O) groups is 1. The first-order valence-electron chi connectivity index (χ1n) is 5.42. The van der Waals surface area contributed by atoms with Crippen LogP contribution in [0.1, 0.15) is 20.1 Å². The van der Waals surface area contributed by atoms with Crippen molar-refractivity contribution in [3.05, 3.63) is 50.7 Å². The van der Waals surface area contributed by atoms with Crippen LogP contribution >= 0.6 is 22.9 Å². The summed E-state index contributed by atoms with van der Waals surface area (Å²) in [5.41, 5.74) is 6.26. The molecule has 0 spiro atoms. The standard InChI is InChI=1S/C13H10ClN3OS/c14-11-4-1-8(13(16)18)5-12(11)17-7-10-3-2-9(6-15)19-10/h1-5,17H,7H2,(H2,16,18). The van der Waals surface area contributed by atoms with Gasteiger partial charge in [-0.05, 0) is 30.3 Å². The zero-order chi connectivity index (χ0) is 13.8. The van der Waals surface area contributed by atoms with Crippen LogP contribution in [0, 0.1) is 11.3 Å². The zero-order valence-corrected chi connectivity index (χ0v) is 11.4. The van der Waals surface area contributed by atoms with Crippen LogP contribution in [-0.2, 0) is 6.54 Å². The number of benzene rings is 1. The van der Waals surface area contributed by atoms with Gasteiger partial charge in [0.05, 0.1) is 10.7 Å². The Bertz CT molecular complexity index is 660. The number of hydrogen-bond donors (Lipinski definition) is 2. The Kier molecular flexibility index (Phi) is 4.05. The molecule has 1 aromatic carbocycles. The molecule has 0 atom stereocenters. The molecule has 0 aliphatic heterocycles. The second-order valence-electron chi connectivity index (χ2n) is 3.79. The van der Waals surface area contributed by atoms with Crippen LogP contribution in [-0.4, -0.2) is 5.91 Å². The van der Waals surface area contributed by atoms with Crippen LogP contribution in [0.3, 0.4) is 0 Å². The average molecular weight is 292 g/mol. The Balaban J connectivity index is 2.12. The van der Waals surface area contributed by atoms with Crippen molar-refractivity contribution in [2.24, 2.45) is 5.73 Å². The lowest BCUT2D eigenvalue weighted by atomic mass is 10.2. The molecule has 0 saturated heterocycles. The highest BCUT2D eigenvalue weighted by Crippen LogP contribution is 2.24. The summed E-state index contributed by atoms with van der Waals surface area (Å²) in [5.74, 6) is -0.498. The van der Waals surface area contributed by atoms with E-state index in [1.165, 1.54) is 11.3 Å². The van der Waals surface area contributed by atoms with Gasteiger partial charge in [-0.2, -0.15) is 5.26 Å². The molecular formula is C13H10ClN3OS. The normalized spacial score (nSPS) is 9.89. The lowest BCUT2D eigenvalue weighted by Gasteiger charge is -2.08. The number of thiophene rings is 1. The van der Waals surface area contributed by atoms with Gasteiger partial charge in [-0.3, -0.25) is 4.79 Å². The molecule has 1 heterocycles. The van der Waals surface area contributed by atoms with E-state index in [4.69, 9.17) is 22.6 Å². The lowest BCUT2D eigenvalue weighted by Crippen LogP contribution is -2.11. The third-order valence-corrected chi connectivity index (χ3v) is 3.80. The minimum Gasteiger partial charge on any atom is -0.379 e. The monoisotopic (exact) mass is 291 g/mol. The third-order valence-electron chi connectivity index (χ3n) is 2.48. The van der Waals surface area contributed by atoms with Crippen molar-refractivity contribution in [2.75, 3.05) is 5.32 Å². The summed E-state index contributed by atoms with van der Waals surface area (Å²) in [5, 5.41) is 12.4. The summed E-state index contributed by atoms with van der Waals surface area (Å²) in [6.07, 6.45) is 0. The highest BCUT2D eigenvalue weighted by molar-refractivity contribution is 7.12. The molecule has 19 heavy (non-hydrogen) atoms. The molecule has 0 aliphatic rings. The topological polar surface area (TPSA) is 78.9 Å². The van der Waals surface area contributed by atoms with Crippen molar-refractivity contribution in [3.63, 3.8) is 0 Å². The number of carbonyl (C=O) groups excluding carboxylic acids is 1. The number of rotatable bonds is 4. The predicted molar refractivity (Wildman–Crippen MR) is 76.3 cm³/mol. The van der Waals surface area contributed by atoms with Crippen molar-refractivity contribution >= 4 is 34.5 Å². The van der Waals surface area contributed by atoms with E-state index in [-0.39, 0.29) is 0 Å². The van der Waals surface area contributed by atoms with E-state index in [9.17, 15) is 4.79 Å². The molecule has 0 aliphatic carbocycles. The maximum absolute atomic E-state index is 11.1. The molecule has 2 rings (SSSR count). The highest BCUT2D eigenvalue weighted by atomic mass is 35.5. The Morgan fingerprint density at radius 1 is 1.42 bits per heavy atom.